The Balaban J connectivity index is 1.16. The number of pyridine rings is 1. The number of carbonyl (C=O) groups is 1. The Morgan fingerprint density at radius 2 is 1.92 bits per heavy atom. The number of nitrogens with two attached hydrogens (primary N) is 1. The first-order valence-corrected chi connectivity index (χ1v) is 13.2. The van der Waals surface area contributed by atoms with Gasteiger partial charge < -0.3 is 20.9 Å². The third-order valence-corrected chi connectivity index (χ3v) is 7.43. The van der Waals surface area contributed by atoms with Crippen molar-refractivity contribution >= 4 is 34.0 Å². The second kappa shape index (κ2) is 11.5. The van der Waals surface area contributed by atoms with Crippen LogP contribution < -0.4 is 16.0 Å². The number of amides is 2. The Morgan fingerprint density at radius 1 is 1.06 bits per heavy atom. The third-order valence-electron chi connectivity index (χ3n) is 7.43. The lowest BCUT2D eigenvalue weighted by molar-refractivity contribution is 0.206. The summed E-state index contributed by atoms with van der Waals surface area (Å²) in [6.07, 6.45) is 10.5. The van der Waals surface area contributed by atoms with Crippen molar-refractivity contribution < 1.29 is 4.79 Å². The van der Waals surface area contributed by atoms with E-state index in [2.05, 4.69) is 49.4 Å². The van der Waals surface area contributed by atoms with Gasteiger partial charge in [-0.25, -0.2) is 4.79 Å². The van der Waals surface area contributed by atoms with Crippen LogP contribution in [0.15, 0.2) is 65.9 Å². The lowest BCUT2D eigenvalue weighted by atomic mass is 9.96. The van der Waals surface area contributed by atoms with Crippen molar-refractivity contribution in [2.45, 2.75) is 38.5 Å². The molecule has 0 radical (unpaired) electrons. The van der Waals surface area contributed by atoms with Crippen molar-refractivity contribution in [3.8, 4) is 0 Å². The van der Waals surface area contributed by atoms with Crippen molar-refractivity contribution in [1.82, 2.24) is 9.88 Å². The molecule has 0 spiro atoms. The van der Waals surface area contributed by atoms with Crippen molar-refractivity contribution in [1.29, 1.82) is 0 Å². The molecule has 1 atom stereocenters. The number of nitrogens with one attached hydrogen (secondary N) is 1. The Bertz CT molecular complexity index is 1210. The highest BCUT2D eigenvalue weighted by atomic mass is 16.2. The standard InChI is InChI=1S/C29H36N6O/c30-28(33-29(36)32-27-11-5-8-23-20-31-14-12-26(23)27)24-9-6-15-34(21-24)18-13-22-7-4-10-25(19-22)35-16-2-1-3-17-35/h4-5,7-8,10-12,14,19-20,24H,1-3,6,9,13,15-18,21H2,(H3,30,32,33,36). The van der Waals surface area contributed by atoms with E-state index in [9.17, 15) is 4.79 Å². The topological polar surface area (TPSA) is 86.8 Å². The molecular weight excluding hydrogens is 448 g/mol. The highest BCUT2D eigenvalue weighted by molar-refractivity contribution is 6.05. The Hall–Kier alpha value is -3.45. The van der Waals surface area contributed by atoms with Gasteiger partial charge in [0.1, 0.15) is 5.84 Å². The lowest BCUT2D eigenvalue weighted by Gasteiger charge is -2.32. The molecule has 3 N–H and O–H groups in total. The average Bonchev–Trinajstić information content (AvgIpc) is 2.93. The number of anilines is 2. The largest absolute Gasteiger partial charge is 0.387 e. The molecule has 2 aliphatic rings. The summed E-state index contributed by atoms with van der Waals surface area (Å²) < 4.78 is 0. The van der Waals surface area contributed by atoms with Crippen molar-refractivity contribution in [3.05, 3.63) is 66.5 Å². The summed E-state index contributed by atoms with van der Waals surface area (Å²) in [5, 5.41) is 4.80. The van der Waals surface area contributed by atoms with Gasteiger partial charge >= 0.3 is 6.03 Å². The highest BCUT2D eigenvalue weighted by Crippen LogP contribution is 2.24. The molecular formula is C29H36N6O. The smallest absolute Gasteiger partial charge is 0.347 e. The van der Waals surface area contributed by atoms with Gasteiger partial charge in [-0.05, 0) is 74.9 Å². The monoisotopic (exact) mass is 484 g/mol. The van der Waals surface area contributed by atoms with E-state index >= 15 is 0 Å². The van der Waals surface area contributed by atoms with Gasteiger partial charge in [0.25, 0.3) is 0 Å². The van der Waals surface area contributed by atoms with Gasteiger partial charge in [-0.15, -0.1) is 0 Å². The van der Waals surface area contributed by atoms with E-state index in [1.807, 2.05) is 24.3 Å². The number of likely N-dealkylation sites (tertiary alicyclic amines) is 1. The molecule has 0 saturated carbocycles. The third kappa shape index (κ3) is 6.02. The number of urea groups is 1. The minimum atomic E-state index is -0.427. The van der Waals surface area contributed by atoms with Crippen LogP contribution in [-0.2, 0) is 6.42 Å². The van der Waals surface area contributed by atoms with Crippen LogP contribution in [0.5, 0.6) is 0 Å². The molecule has 3 aromatic rings. The zero-order chi connectivity index (χ0) is 24.7. The van der Waals surface area contributed by atoms with Crippen LogP contribution in [0.25, 0.3) is 10.8 Å². The van der Waals surface area contributed by atoms with E-state index in [-0.39, 0.29) is 5.92 Å². The number of aromatic nitrogens is 1. The summed E-state index contributed by atoms with van der Waals surface area (Å²) >= 11 is 0. The van der Waals surface area contributed by atoms with Crippen LogP contribution in [-0.4, -0.2) is 54.5 Å². The van der Waals surface area contributed by atoms with Gasteiger partial charge in [-0.3, -0.25) is 4.98 Å². The number of fused-ring (bicyclic) bond motifs is 1. The highest BCUT2D eigenvalue weighted by Gasteiger charge is 2.23. The van der Waals surface area contributed by atoms with Gasteiger partial charge in [-0.2, -0.15) is 4.99 Å². The van der Waals surface area contributed by atoms with Gasteiger partial charge in [-0.1, -0.05) is 24.3 Å². The first kappa shape index (κ1) is 24.3. The quantitative estimate of drug-likeness (QED) is 0.377. The van der Waals surface area contributed by atoms with E-state index in [1.165, 1.54) is 43.6 Å². The van der Waals surface area contributed by atoms with Crippen LogP contribution >= 0.6 is 0 Å². The fraction of sp³-hybridized carbons (Fsp3) is 0.414. The van der Waals surface area contributed by atoms with Crippen LogP contribution in [0, 0.1) is 5.92 Å². The molecule has 2 aliphatic heterocycles. The molecule has 0 bridgehead atoms. The summed E-state index contributed by atoms with van der Waals surface area (Å²) in [7, 11) is 0. The second-order valence-corrected chi connectivity index (χ2v) is 9.98. The number of hydrogen-bond donors (Lipinski definition) is 2. The zero-order valence-electron chi connectivity index (χ0n) is 20.9. The first-order chi connectivity index (χ1) is 17.7. The second-order valence-electron chi connectivity index (χ2n) is 9.98. The number of benzene rings is 2. The molecule has 7 nitrogen and oxygen atoms in total. The molecule has 36 heavy (non-hydrogen) atoms. The maximum Gasteiger partial charge on any atom is 0.347 e. The number of carbonyl (C=O) groups excluding carboxylic acids is 1. The normalized spacial score (nSPS) is 19.4. The molecule has 1 aromatic heterocycles. The van der Waals surface area contributed by atoms with E-state index in [0.29, 0.717) is 11.5 Å². The summed E-state index contributed by atoms with van der Waals surface area (Å²) in [6, 6.07) is 16.2. The molecule has 5 rings (SSSR count). The number of aliphatic imine (C=N–C) groups is 1. The number of hydrogen-bond acceptors (Lipinski definition) is 4. The minimum Gasteiger partial charge on any atom is -0.387 e. The van der Waals surface area contributed by atoms with Crippen molar-refractivity contribution in [2.75, 3.05) is 42.9 Å². The maximum absolute atomic E-state index is 12.7. The molecule has 2 amide bonds. The van der Waals surface area contributed by atoms with E-state index in [0.717, 1.165) is 49.7 Å². The van der Waals surface area contributed by atoms with Gasteiger partial charge in [0.05, 0.1) is 5.69 Å². The first-order valence-electron chi connectivity index (χ1n) is 13.2. The molecule has 188 valence electrons. The van der Waals surface area contributed by atoms with E-state index < -0.39 is 6.03 Å². The zero-order valence-corrected chi connectivity index (χ0v) is 20.9. The van der Waals surface area contributed by atoms with Crippen LogP contribution in [0.2, 0.25) is 0 Å². The molecule has 2 saturated heterocycles. The Kier molecular flexibility index (Phi) is 7.76. The fourth-order valence-corrected chi connectivity index (χ4v) is 5.43. The van der Waals surface area contributed by atoms with Crippen molar-refractivity contribution in [3.63, 3.8) is 0 Å². The maximum atomic E-state index is 12.7. The summed E-state index contributed by atoms with van der Waals surface area (Å²) in [4.78, 5) is 26.0. The van der Waals surface area contributed by atoms with Gasteiger partial charge in [0.2, 0.25) is 0 Å². The average molecular weight is 485 g/mol. The molecule has 2 fully saturated rings. The van der Waals surface area contributed by atoms with Gasteiger partial charge in [0.15, 0.2) is 0 Å². The minimum absolute atomic E-state index is 0.0981. The molecule has 1 unspecified atom stereocenters. The molecule has 7 heteroatoms. The summed E-state index contributed by atoms with van der Waals surface area (Å²) in [6.45, 7) is 5.23. The fourth-order valence-electron chi connectivity index (χ4n) is 5.43. The Labute approximate surface area is 213 Å². The lowest BCUT2D eigenvalue weighted by Crippen LogP contribution is -2.42. The summed E-state index contributed by atoms with van der Waals surface area (Å²) in [5.41, 5.74) is 9.79. The predicted octanol–water partition coefficient (Wildman–Crippen LogP) is 5.07. The van der Waals surface area contributed by atoms with Crippen LogP contribution in [0.1, 0.15) is 37.7 Å². The SMILES string of the molecule is N/C(=N\C(=O)Nc1cccc2cnccc12)C1CCCN(CCc2cccc(N3CCCCC3)c2)C1. The van der Waals surface area contributed by atoms with Gasteiger partial charge in [0, 0.05) is 61.0 Å². The predicted molar refractivity (Wildman–Crippen MR) is 148 cm³/mol. The van der Waals surface area contributed by atoms with Crippen molar-refractivity contribution in [2.24, 2.45) is 16.6 Å². The number of rotatable bonds is 6. The number of piperidine rings is 2. The molecule has 3 heterocycles. The Morgan fingerprint density at radius 3 is 2.81 bits per heavy atom. The molecule has 0 aliphatic carbocycles. The van der Waals surface area contributed by atoms with Crippen LogP contribution in [0.3, 0.4) is 0 Å². The van der Waals surface area contributed by atoms with Crippen LogP contribution in [0.4, 0.5) is 16.2 Å². The van der Waals surface area contributed by atoms with E-state index in [4.69, 9.17) is 5.73 Å². The summed E-state index contributed by atoms with van der Waals surface area (Å²) in [5.74, 6) is 0.520. The number of amidine groups is 1. The number of nitrogens with zero attached hydrogens (tertiary/aromatic N) is 4. The van der Waals surface area contributed by atoms with E-state index in [1.54, 1.807) is 12.4 Å². The molecule has 2 aromatic carbocycles.